The van der Waals surface area contributed by atoms with Gasteiger partial charge in [0.1, 0.15) is 0 Å². The molecule has 0 aromatic heterocycles. The third kappa shape index (κ3) is 13.9. The van der Waals surface area contributed by atoms with Crippen molar-refractivity contribution < 1.29 is 34.1 Å². The number of rotatable bonds is 4. The number of benzene rings is 4. The molecule has 0 aliphatic carbocycles. The van der Waals surface area contributed by atoms with Gasteiger partial charge in [0.05, 0.1) is 6.04 Å². The molecule has 4 saturated heterocycles. The van der Waals surface area contributed by atoms with E-state index in [9.17, 15) is 0 Å². The van der Waals surface area contributed by atoms with Crippen LogP contribution in [0, 0.1) is 0 Å². The Hall–Kier alpha value is -1.24. The Balaban J connectivity index is 0.000000234. The van der Waals surface area contributed by atoms with Gasteiger partial charge in [0.2, 0.25) is 0 Å². The average Bonchev–Trinajstić information content (AvgIpc) is 3.39. The van der Waals surface area contributed by atoms with E-state index in [1.807, 2.05) is 6.07 Å². The molecule has 8 nitrogen and oxygen atoms in total. The quantitative estimate of drug-likeness (QED) is 0.114. The molecule has 0 spiro atoms. The van der Waals surface area contributed by atoms with Crippen LogP contribution in [0.15, 0.2) is 121 Å². The molecule has 64 heavy (non-hydrogen) atoms. The van der Waals surface area contributed by atoms with Crippen molar-refractivity contribution in [1.29, 1.82) is 0 Å². The summed E-state index contributed by atoms with van der Waals surface area (Å²) in [6, 6.07) is 43.8. The van der Waals surface area contributed by atoms with Gasteiger partial charge in [-0.3, -0.25) is 29.4 Å². The molecule has 8 unspecified atom stereocenters. The summed E-state index contributed by atoms with van der Waals surface area (Å²) >= 11 is 28.6. The van der Waals surface area contributed by atoms with Crippen molar-refractivity contribution in [2.45, 2.75) is 45.9 Å². The van der Waals surface area contributed by atoms with Crippen molar-refractivity contribution in [3.05, 3.63) is 144 Å². The number of likely N-dealkylation sites (N-methyl/N-ethyl adjacent to an activating group) is 4. The third-order valence-electron chi connectivity index (χ3n) is 13.7. The second-order valence-electron chi connectivity index (χ2n) is 17.9. The van der Waals surface area contributed by atoms with Gasteiger partial charge in [0.25, 0.3) is 0 Å². The number of hydrogen-bond donors (Lipinski definition) is 0. The third-order valence-corrected chi connectivity index (χ3v) is 15.4. The summed E-state index contributed by atoms with van der Waals surface area (Å²) in [5.41, 5.74) is 5.21. The molecule has 4 bridgehead atoms. The van der Waals surface area contributed by atoms with E-state index in [2.05, 4.69) is 183 Å². The van der Waals surface area contributed by atoms with Crippen LogP contribution >= 0.6 is 46.4 Å². The fourth-order valence-corrected chi connectivity index (χ4v) is 11.5. The van der Waals surface area contributed by atoms with Crippen molar-refractivity contribution in [3.8, 4) is 0 Å². The standard InChI is InChI=1S/C26H36Cl2N4.C24H32Cl2N4.2Mn/c1-29-14-13-24(22-9-5-3-6-10-22)31-17-16-30(2)25(23-11-7-4-8-12-23)21-26(27,28)32(19-15-29)20-18-31;1-27-13-17-30-18-16-29(22(19-27)20-9-5-3-6-10-20)15-14-28(2)23(24(30,25)26)21-11-7-4-8-12-21;;/h3-12,24-25H,13-21H2,1-2H3;3-12,22-23H,13-19H2,1-2H3;;/q;;2*+2. The maximum atomic E-state index is 7.20. The molecule has 8 atom stereocenters. The van der Waals surface area contributed by atoms with Gasteiger partial charge in [-0.25, -0.2) is 0 Å². The molecule has 4 aromatic carbocycles. The first-order valence-electron chi connectivity index (χ1n) is 22.6. The van der Waals surface area contributed by atoms with Crippen LogP contribution in [0.3, 0.4) is 0 Å². The summed E-state index contributed by atoms with van der Waals surface area (Å²) in [6.07, 6.45) is 1.81. The molecule has 4 aliphatic rings. The first-order valence-corrected chi connectivity index (χ1v) is 24.1. The van der Waals surface area contributed by atoms with Crippen LogP contribution < -0.4 is 0 Å². The molecule has 4 aromatic rings. The molecule has 14 heteroatoms. The molecule has 8 rings (SSSR count). The van der Waals surface area contributed by atoms with Gasteiger partial charge >= 0.3 is 34.1 Å². The van der Waals surface area contributed by atoms with Crippen LogP contribution in [0.4, 0.5) is 0 Å². The minimum absolute atomic E-state index is 0. The Morgan fingerprint density at radius 3 is 1.38 bits per heavy atom. The van der Waals surface area contributed by atoms with Gasteiger partial charge in [0.15, 0.2) is 8.91 Å². The summed E-state index contributed by atoms with van der Waals surface area (Å²) < 4.78 is -1.92. The maximum absolute atomic E-state index is 7.20. The minimum atomic E-state index is -1.00. The molecule has 346 valence electrons. The Morgan fingerprint density at radius 1 is 0.406 bits per heavy atom. The van der Waals surface area contributed by atoms with Crippen LogP contribution in [-0.4, -0.2) is 168 Å². The zero-order valence-electron chi connectivity index (χ0n) is 38.0. The van der Waals surface area contributed by atoms with Crippen LogP contribution in [0.25, 0.3) is 0 Å². The average molecular weight is 1030 g/mol. The second kappa shape index (κ2) is 25.4. The van der Waals surface area contributed by atoms with E-state index >= 15 is 0 Å². The molecule has 0 N–H and O–H groups in total. The van der Waals surface area contributed by atoms with Crippen molar-refractivity contribution in [1.82, 2.24) is 39.2 Å². The van der Waals surface area contributed by atoms with Crippen molar-refractivity contribution in [2.75, 3.05) is 120 Å². The monoisotopic (exact) mass is 1030 g/mol. The Morgan fingerprint density at radius 2 is 0.812 bits per heavy atom. The van der Waals surface area contributed by atoms with Crippen molar-refractivity contribution in [2.24, 2.45) is 0 Å². The Labute approximate surface area is 426 Å². The largest absolute Gasteiger partial charge is 2.00 e. The molecule has 0 amide bonds. The molecular formula is C50H68Cl4Mn2N8+4. The van der Waals surface area contributed by atoms with Crippen molar-refractivity contribution in [3.63, 3.8) is 0 Å². The maximum Gasteiger partial charge on any atom is 2.00 e. The van der Waals surface area contributed by atoms with Gasteiger partial charge in [0, 0.05) is 110 Å². The number of hydrogen-bond acceptors (Lipinski definition) is 8. The first kappa shape index (κ1) is 53.7. The SMILES string of the molecule is CN1CCC(c2ccccc2)N2CCN(C)C(c3ccccc3)CC(Cl)(Cl)N(CC1)CC2.CN1CCN2CCN(CCN(C)C(c3ccccc3)C2(Cl)Cl)C(c2ccccc2)C1.[Mn+2].[Mn+2]. The summed E-state index contributed by atoms with van der Waals surface area (Å²) in [5, 5.41) is 0. The molecule has 2 radical (unpaired) electrons. The molecular weight excluding hydrogens is 964 g/mol. The Bertz CT molecular complexity index is 1920. The smallest absolute Gasteiger partial charge is 0.305 e. The topological polar surface area (TPSA) is 25.9 Å². The van der Waals surface area contributed by atoms with E-state index in [-0.39, 0.29) is 46.2 Å². The van der Waals surface area contributed by atoms with Crippen LogP contribution in [0.2, 0.25) is 0 Å². The van der Waals surface area contributed by atoms with E-state index in [0.717, 1.165) is 104 Å². The predicted octanol–water partition coefficient (Wildman–Crippen LogP) is 8.97. The molecule has 4 aliphatic heterocycles. The first-order chi connectivity index (χ1) is 29.9. The molecule has 4 heterocycles. The summed E-state index contributed by atoms with van der Waals surface area (Å²) in [4.78, 5) is 19.4. The van der Waals surface area contributed by atoms with E-state index < -0.39 is 8.91 Å². The van der Waals surface area contributed by atoms with E-state index in [0.29, 0.717) is 18.5 Å². The normalized spacial score (nSPS) is 29.9. The fourth-order valence-electron chi connectivity index (χ4n) is 9.91. The fraction of sp³-hybridized carbons (Fsp3) is 0.520. The van der Waals surface area contributed by atoms with Crippen LogP contribution in [-0.2, 0) is 34.1 Å². The van der Waals surface area contributed by atoms with Gasteiger partial charge < -0.3 is 9.80 Å². The predicted molar refractivity (Wildman–Crippen MR) is 261 cm³/mol. The molecule has 4 fully saturated rings. The summed E-state index contributed by atoms with van der Waals surface area (Å²) in [7, 11) is 8.77. The number of nitrogens with zero attached hydrogens (tertiary/aromatic N) is 8. The summed E-state index contributed by atoms with van der Waals surface area (Å²) in [6.45, 7) is 13.2. The minimum Gasteiger partial charge on any atom is -0.305 e. The van der Waals surface area contributed by atoms with Gasteiger partial charge in [-0.05, 0) is 63.4 Å². The van der Waals surface area contributed by atoms with Gasteiger partial charge in [-0.1, -0.05) is 168 Å². The van der Waals surface area contributed by atoms with Crippen LogP contribution in [0.5, 0.6) is 0 Å². The summed E-state index contributed by atoms with van der Waals surface area (Å²) in [5.74, 6) is 0. The number of fused-ring (bicyclic) bond motifs is 6. The van der Waals surface area contributed by atoms with E-state index in [1.54, 1.807) is 0 Å². The van der Waals surface area contributed by atoms with Crippen molar-refractivity contribution >= 4 is 46.4 Å². The number of halogens is 4. The Kier molecular flexibility index (Phi) is 21.3. The zero-order valence-corrected chi connectivity index (χ0v) is 43.4. The van der Waals surface area contributed by atoms with Crippen LogP contribution in [0.1, 0.15) is 59.3 Å². The molecule has 0 saturated carbocycles. The van der Waals surface area contributed by atoms with Gasteiger partial charge in [-0.2, -0.15) is 0 Å². The number of alkyl halides is 4. The van der Waals surface area contributed by atoms with E-state index in [1.165, 1.54) is 16.7 Å². The van der Waals surface area contributed by atoms with Gasteiger partial charge in [-0.15, -0.1) is 0 Å². The van der Waals surface area contributed by atoms with E-state index in [4.69, 9.17) is 46.4 Å². The second-order valence-corrected chi connectivity index (χ2v) is 20.7. The zero-order chi connectivity index (χ0) is 43.7.